The largest absolute Gasteiger partial charge is 0.496 e. The standard InChI is InChI=1S/C25H22N2O4S/c1-4-12-27-20-11-10-18(24(29)31-5-2)15-22(20)32-25(27)26-23(28)19-13-16-8-6-7-9-17(16)14-21(19)30-3/h4,6-11,13-15H,1,5,12H2,2-3H3. The van der Waals surface area contributed by atoms with Crippen LogP contribution >= 0.6 is 11.3 Å². The van der Waals surface area contributed by atoms with Gasteiger partial charge in [0.15, 0.2) is 4.80 Å². The summed E-state index contributed by atoms with van der Waals surface area (Å²) in [6.07, 6.45) is 1.74. The lowest BCUT2D eigenvalue weighted by atomic mass is 10.1. The predicted octanol–water partition coefficient (Wildman–Crippen LogP) is 4.97. The molecule has 4 aromatic rings. The number of allylic oxidation sites excluding steroid dienone is 1. The fourth-order valence-corrected chi connectivity index (χ4v) is 4.59. The second kappa shape index (κ2) is 9.20. The summed E-state index contributed by atoms with van der Waals surface area (Å²) in [5.41, 5.74) is 1.71. The number of carbonyl (C=O) groups excluding carboxylic acids is 2. The van der Waals surface area contributed by atoms with Crippen molar-refractivity contribution in [2.75, 3.05) is 13.7 Å². The lowest BCUT2D eigenvalue weighted by molar-refractivity contribution is 0.0526. The molecule has 0 fully saturated rings. The van der Waals surface area contributed by atoms with Gasteiger partial charge in [0.25, 0.3) is 5.91 Å². The molecule has 3 aromatic carbocycles. The highest BCUT2D eigenvalue weighted by Gasteiger charge is 2.16. The zero-order valence-electron chi connectivity index (χ0n) is 17.8. The van der Waals surface area contributed by atoms with E-state index in [2.05, 4.69) is 11.6 Å². The van der Waals surface area contributed by atoms with Crippen LogP contribution in [0.15, 0.2) is 72.2 Å². The number of benzene rings is 3. The van der Waals surface area contributed by atoms with E-state index in [1.165, 1.54) is 18.4 Å². The van der Waals surface area contributed by atoms with Crippen molar-refractivity contribution in [3.8, 4) is 5.75 Å². The molecule has 0 radical (unpaired) electrons. The molecule has 0 saturated heterocycles. The van der Waals surface area contributed by atoms with Crippen molar-refractivity contribution in [2.24, 2.45) is 4.99 Å². The summed E-state index contributed by atoms with van der Waals surface area (Å²) in [6.45, 7) is 6.36. The molecule has 0 aliphatic heterocycles. The Morgan fingerprint density at radius 2 is 1.88 bits per heavy atom. The van der Waals surface area contributed by atoms with E-state index >= 15 is 0 Å². The molecular formula is C25H22N2O4S. The summed E-state index contributed by atoms with van der Waals surface area (Å²) >= 11 is 1.33. The Morgan fingerprint density at radius 1 is 1.12 bits per heavy atom. The van der Waals surface area contributed by atoms with Crippen molar-refractivity contribution in [3.63, 3.8) is 0 Å². The van der Waals surface area contributed by atoms with E-state index in [1.54, 1.807) is 31.2 Å². The smallest absolute Gasteiger partial charge is 0.338 e. The molecule has 0 atom stereocenters. The zero-order valence-corrected chi connectivity index (χ0v) is 18.6. The third-order valence-electron chi connectivity index (χ3n) is 5.00. The summed E-state index contributed by atoms with van der Waals surface area (Å²) in [4.78, 5) is 30.2. The summed E-state index contributed by atoms with van der Waals surface area (Å²) < 4.78 is 13.3. The molecule has 4 rings (SSSR count). The van der Waals surface area contributed by atoms with Gasteiger partial charge in [-0.25, -0.2) is 4.79 Å². The van der Waals surface area contributed by atoms with Crippen LogP contribution in [0.5, 0.6) is 5.75 Å². The normalized spacial score (nSPS) is 11.6. The molecule has 1 heterocycles. The molecule has 0 spiro atoms. The molecule has 0 saturated carbocycles. The third kappa shape index (κ3) is 4.07. The second-order valence-corrected chi connectivity index (χ2v) is 8.01. The quantitative estimate of drug-likeness (QED) is 0.310. The Bertz CT molecular complexity index is 1410. The number of hydrogen-bond acceptors (Lipinski definition) is 5. The second-order valence-electron chi connectivity index (χ2n) is 7.00. The first-order valence-electron chi connectivity index (χ1n) is 10.1. The van der Waals surface area contributed by atoms with Crippen LogP contribution in [-0.4, -0.2) is 30.2 Å². The number of nitrogens with zero attached hydrogens (tertiary/aromatic N) is 2. The fourth-order valence-electron chi connectivity index (χ4n) is 3.51. The van der Waals surface area contributed by atoms with E-state index in [-0.39, 0.29) is 5.97 Å². The molecule has 0 N–H and O–H groups in total. The van der Waals surface area contributed by atoms with Gasteiger partial charge in [-0.05, 0) is 48.0 Å². The Kier molecular flexibility index (Phi) is 6.18. The fraction of sp³-hybridized carbons (Fsp3) is 0.160. The van der Waals surface area contributed by atoms with Gasteiger partial charge in [0.05, 0.1) is 35.1 Å². The van der Waals surface area contributed by atoms with Gasteiger partial charge in [0.1, 0.15) is 5.75 Å². The van der Waals surface area contributed by atoms with Crippen molar-refractivity contribution in [2.45, 2.75) is 13.5 Å². The topological polar surface area (TPSA) is 69.9 Å². The Labute approximate surface area is 189 Å². The summed E-state index contributed by atoms with van der Waals surface area (Å²) in [7, 11) is 1.54. The maximum atomic E-state index is 13.2. The number of fused-ring (bicyclic) bond motifs is 2. The molecule has 32 heavy (non-hydrogen) atoms. The molecule has 1 aromatic heterocycles. The number of thiazole rings is 1. The third-order valence-corrected chi connectivity index (χ3v) is 6.04. The maximum absolute atomic E-state index is 13.2. The first kappa shape index (κ1) is 21.5. The van der Waals surface area contributed by atoms with Crippen LogP contribution in [0.3, 0.4) is 0 Å². The summed E-state index contributed by atoms with van der Waals surface area (Å²) in [6, 6.07) is 16.7. The molecule has 0 bridgehead atoms. The summed E-state index contributed by atoms with van der Waals surface area (Å²) in [5, 5.41) is 1.91. The van der Waals surface area contributed by atoms with Gasteiger partial charge in [-0.2, -0.15) is 4.99 Å². The lowest BCUT2D eigenvalue weighted by Gasteiger charge is -2.08. The van der Waals surface area contributed by atoms with Crippen LogP contribution in [-0.2, 0) is 11.3 Å². The average molecular weight is 447 g/mol. The van der Waals surface area contributed by atoms with Crippen molar-refractivity contribution in [1.82, 2.24) is 4.57 Å². The first-order valence-corrected chi connectivity index (χ1v) is 10.9. The number of methoxy groups -OCH3 is 1. The molecule has 162 valence electrons. The van der Waals surface area contributed by atoms with Crippen LogP contribution in [0.1, 0.15) is 27.6 Å². The maximum Gasteiger partial charge on any atom is 0.338 e. The first-order chi connectivity index (χ1) is 15.5. The Morgan fingerprint density at radius 3 is 2.56 bits per heavy atom. The van der Waals surface area contributed by atoms with Gasteiger partial charge >= 0.3 is 5.97 Å². The van der Waals surface area contributed by atoms with E-state index in [0.717, 1.165) is 21.0 Å². The van der Waals surface area contributed by atoms with Crippen molar-refractivity contribution in [3.05, 3.63) is 83.2 Å². The molecule has 1 amide bonds. The van der Waals surface area contributed by atoms with E-state index < -0.39 is 5.91 Å². The number of aromatic nitrogens is 1. The van der Waals surface area contributed by atoms with Gasteiger partial charge in [0, 0.05) is 6.54 Å². The molecular weight excluding hydrogens is 424 g/mol. The monoisotopic (exact) mass is 446 g/mol. The van der Waals surface area contributed by atoms with Gasteiger partial charge < -0.3 is 14.0 Å². The number of rotatable bonds is 6. The van der Waals surface area contributed by atoms with Gasteiger partial charge in [0.2, 0.25) is 0 Å². The average Bonchev–Trinajstić information content (AvgIpc) is 3.14. The van der Waals surface area contributed by atoms with E-state index in [4.69, 9.17) is 9.47 Å². The van der Waals surface area contributed by atoms with Crippen LogP contribution in [0.25, 0.3) is 21.0 Å². The number of hydrogen-bond donors (Lipinski definition) is 0. The van der Waals surface area contributed by atoms with Crippen LogP contribution in [0, 0.1) is 0 Å². The highest BCUT2D eigenvalue weighted by atomic mass is 32.1. The predicted molar refractivity (Wildman–Crippen MR) is 126 cm³/mol. The van der Waals surface area contributed by atoms with Crippen LogP contribution in [0.4, 0.5) is 0 Å². The van der Waals surface area contributed by atoms with Gasteiger partial charge in [-0.15, -0.1) is 6.58 Å². The highest BCUT2D eigenvalue weighted by molar-refractivity contribution is 7.16. The molecule has 0 aliphatic carbocycles. The number of carbonyl (C=O) groups is 2. The van der Waals surface area contributed by atoms with E-state index in [1.807, 2.05) is 41.0 Å². The minimum atomic E-state index is -0.400. The number of esters is 1. The SMILES string of the molecule is C=CCn1c(=NC(=O)c2cc3ccccc3cc2OC)sc2cc(C(=O)OCC)ccc21. The number of amides is 1. The zero-order chi connectivity index (χ0) is 22.7. The lowest BCUT2D eigenvalue weighted by Crippen LogP contribution is -2.16. The minimum absolute atomic E-state index is 0.306. The van der Waals surface area contributed by atoms with Crippen LogP contribution in [0.2, 0.25) is 0 Å². The van der Waals surface area contributed by atoms with Gasteiger partial charge in [-0.3, -0.25) is 4.79 Å². The minimum Gasteiger partial charge on any atom is -0.496 e. The molecule has 0 aliphatic rings. The number of ether oxygens (including phenoxy) is 2. The van der Waals surface area contributed by atoms with Gasteiger partial charge in [-0.1, -0.05) is 41.7 Å². The Balaban J connectivity index is 1.84. The van der Waals surface area contributed by atoms with Crippen molar-refractivity contribution in [1.29, 1.82) is 0 Å². The Hall–Kier alpha value is -3.71. The van der Waals surface area contributed by atoms with E-state index in [9.17, 15) is 9.59 Å². The molecule has 0 unspecified atom stereocenters. The molecule has 6 nitrogen and oxygen atoms in total. The van der Waals surface area contributed by atoms with Crippen LogP contribution < -0.4 is 9.54 Å². The molecule has 7 heteroatoms. The van der Waals surface area contributed by atoms with Crippen molar-refractivity contribution >= 4 is 44.2 Å². The van der Waals surface area contributed by atoms with E-state index in [0.29, 0.717) is 34.8 Å². The summed E-state index contributed by atoms with van der Waals surface area (Å²) in [5.74, 6) is -0.311. The highest BCUT2D eigenvalue weighted by Crippen LogP contribution is 2.27. The van der Waals surface area contributed by atoms with Crippen molar-refractivity contribution < 1.29 is 19.1 Å².